The standard InChI is InChI=1S/C16H11F2NO2S.C13H7F2NO2S/c1-8-2-9-4-15(22-14(9)3-8)16(20)21-10-5-12(17)11(7-19)13(18)6-10;1-7-2-3-12(19-7)13(17)18-8-4-10(14)9(6-16)11(15)5-8/h4-6,8H,2-3H2,1H3;2-5H,1H3. The third-order valence-electron chi connectivity index (χ3n) is 5.82. The lowest BCUT2D eigenvalue weighted by Gasteiger charge is -2.05. The van der Waals surface area contributed by atoms with Gasteiger partial charge >= 0.3 is 11.9 Å². The minimum atomic E-state index is -1.06. The van der Waals surface area contributed by atoms with Crippen LogP contribution in [0.25, 0.3) is 0 Å². The first kappa shape index (κ1) is 29.5. The molecule has 0 aliphatic heterocycles. The summed E-state index contributed by atoms with van der Waals surface area (Å²) in [6, 6.07) is 11.2. The lowest BCUT2D eigenvalue weighted by atomic mass is 10.1. The summed E-state index contributed by atoms with van der Waals surface area (Å²) in [5, 5.41) is 17.1. The van der Waals surface area contributed by atoms with E-state index in [0.717, 1.165) is 52.4 Å². The number of ether oxygens (including phenoxy) is 2. The van der Waals surface area contributed by atoms with Crippen LogP contribution >= 0.6 is 22.7 Å². The number of hydrogen-bond acceptors (Lipinski definition) is 8. The molecule has 4 aromatic rings. The molecular weight excluding hydrogens is 580 g/mol. The summed E-state index contributed by atoms with van der Waals surface area (Å²) >= 11 is 2.57. The predicted octanol–water partition coefficient (Wildman–Crippen LogP) is 7.28. The Hall–Kier alpha value is -4.52. The quantitative estimate of drug-likeness (QED) is 0.139. The molecule has 1 aliphatic carbocycles. The zero-order valence-corrected chi connectivity index (χ0v) is 23.0. The molecule has 1 aliphatic rings. The number of fused-ring (bicyclic) bond motifs is 1. The summed E-state index contributed by atoms with van der Waals surface area (Å²) in [5.74, 6) is -5.50. The molecule has 0 N–H and O–H groups in total. The average Bonchev–Trinajstić information content (AvgIpc) is 3.59. The van der Waals surface area contributed by atoms with Crippen LogP contribution in [-0.2, 0) is 12.8 Å². The first-order valence-corrected chi connectivity index (χ1v) is 13.5. The number of halogens is 4. The van der Waals surface area contributed by atoms with Crippen LogP contribution in [0.2, 0.25) is 0 Å². The van der Waals surface area contributed by atoms with Crippen LogP contribution in [0.4, 0.5) is 17.6 Å². The van der Waals surface area contributed by atoms with Crippen LogP contribution in [0.15, 0.2) is 42.5 Å². The van der Waals surface area contributed by atoms with E-state index < -0.39 is 46.3 Å². The highest BCUT2D eigenvalue weighted by Crippen LogP contribution is 2.34. The van der Waals surface area contributed by atoms with Crippen LogP contribution in [0.3, 0.4) is 0 Å². The monoisotopic (exact) mass is 598 g/mol. The molecule has 2 aromatic carbocycles. The van der Waals surface area contributed by atoms with Gasteiger partial charge in [-0.1, -0.05) is 6.92 Å². The van der Waals surface area contributed by atoms with Gasteiger partial charge in [-0.2, -0.15) is 10.5 Å². The van der Waals surface area contributed by atoms with Gasteiger partial charge < -0.3 is 9.47 Å². The van der Waals surface area contributed by atoms with Gasteiger partial charge in [-0.3, -0.25) is 0 Å². The maximum absolute atomic E-state index is 13.5. The lowest BCUT2D eigenvalue weighted by Crippen LogP contribution is -2.07. The number of rotatable bonds is 4. The van der Waals surface area contributed by atoms with Crippen molar-refractivity contribution in [3.05, 3.63) is 102 Å². The summed E-state index contributed by atoms with van der Waals surface area (Å²) in [6.45, 7) is 3.97. The van der Waals surface area contributed by atoms with Gasteiger partial charge in [0.1, 0.15) is 67.8 Å². The maximum atomic E-state index is 13.5. The first-order valence-electron chi connectivity index (χ1n) is 11.9. The first-order chi connectivity index (χ1) is 19.5. The fraction of sp³-hybridized carbons (Fsp3) is 0.172. The summed E-state index contributed by atoms with van der Waals surface area (Å²) in [7, 11) is 0. The molecule has 0 saturated heterocycles. The van der Waals surface area contributed by atoms with Gasteiger partial charge in [-0.15, -0.1) is 22.7 Å². The fourth-order valence-electron chi connectivity index (χ4n) is 3.97. The van der Waals surface area contributed by atoms with Crippen LogP contribution in [0.5, 0.6) is 11.5 Å². The van der Waals surface area contributed by atoms with Crippen LogP contribution in [0.1, 0.15) is 52.7 Å². The van der Waals surface area contributed by atoms with Crippen molar-refractivity contribution in [2.75, 3.05) is 0 Å². The number of nitriles is 2. The highest BCUT2D eigenvalue weighted by atomic mass is 32.1. The van der Waals surface area contributed by atoms with E-state index in [9.17, 15) is 27.2 Å². The van der Waals surface area contributed by atoms with Gasteiger partial charge in [0.25, 0.3) is 0 Å². The Kier molecular flexibility index (Phi) is 8.86. The van der Waals surface area contributed by atoms with Crippen molar-refractivity contribution in [3.8, 4) is 23.6 Å². The Bertz CT molecular complexity index is 1680. The van der Waals surface area contributed by atoms with Crippen molar-refractivity contribution < 1.29 is 36.6 Å². The summed E-state index contributed by atoms with van der Waals surface area (Å²) in [5.41, 5.74) is -0.253. The molecule has 0 radical (unpaired) electrons. The van der Waals surface area contributed by atoms with E-state index in [-0.39, 0.29) is 11.5 Å². The maximum Gasteiger partial charge on any atom is 0.353 e. The topological polar surface area (TPSA) is 100 Å². The van der Waals surface area contributed by atoms with Crippen molar-refractivity contribution in [3.63, 3.8) is 0 Å². The molecular formula is C29H18F4N2O4S2. The number of aryl methyl sites for hydroxylation is 1. The van der Waals surface area contributed by atoms with E-state index in [1.54, 1.807) is 18.2 Å². The molecule has 1 atom stereocenters. The largest absolute Gasteiger partial charge is 0.422 e. The van der Waals surface area contributed by atoms with Gasteiger partial charge in [-0.25, -0.2) is 27.2 Å². The van der Waals surface area contributed by atoms with Gasteiger partial charge in [0.2, 0.25) is 0 Å². The van der Waals surface area contributed by atoms with Crippen molar-refractivity contribution in [1.82, 2.24) is 0 Å². The van der Waals surface area contributed by atoms with Crippen LogP contribution in [-0.4, -0.2) is 11.9 Å². The van der Waals surface area contributed by atoms with E-state index >= 15 is 0 Å². The van der Waals surface area contributed by atoms with E-state index in [4.69, 9.17) is 20.0 Å². The molecule has 0 spiro atoms. The van der Waals surface area contributed by atoms with Crippen molar-refractivity contribution in [2.45, 2.75) is 26.7 Å². The SMILES string of the molecule is CC1Cc2cc(C(=O)Oc3cc(F)c(C#N)c(F)c3)sc2C1.Cc1ccc(C(=O)Oc2cc(F)c(C#N)c(F)c2)s1. The zero-order valence-electron chi connectivity index (χ0n) is 21.4. The Morgan fingerprint density at radius 1 is 0.780 bits per heavy atom. The molecule has 1 unspecified atom stereocenters. The van der Waals surface area contributed by atoms with Gasteiger partial charge in [0.15, 0.2) is 0 Å². The minimum Gasteiger partial charge on any atom is -0.422 e. The van der Waals surface area contributed by atoms with Crippen molar-refractivity contribution >= 4 is 34.6 Å². The molecule has 6 nitrogen and oxygen atoms in total. The molecule has 41 heavy (non-hydrogen) atoms. The Balaban J connectivity index is 0.000000191. The van der Waals surface area contributed by atoms with Gasteiger partial charge in [-0.05, 0) is 49.4 Å². The average molecular weight is 599 g/mol. The number of thiophene rings is 2. The second-order valence-corrected chi connectivity index (χ2v) is 11.4. The molecule has 0 fully saturated rings. The van der Waals surface area contributed by atoms with E-state index in [1.807, 2.05) is 6.92 Å². The smallest absolute Gasteiger partial charge is 0.353 e. The number of nitrogens with zero attached hydrogens (tertiary/aromatic N) is 2. The Morgan fingerprint density at radius 3 is 1.68 bits per heavy atom. The number of carbonyl (C=O) groups excluding carboxylic acids is 2. The van der Waals surface area contributed by atoms with E-state index in [0.29, 0.717) is 15.7 Å². The summed E-state index contributed by atoms with van der Waals surface area (Å²) in [6.07, 6.45) is 1.87. The molecule has 2 heterocycles. The molecule has 0 amide bonds. The Labute approximate surface area is 239 Å². The lowest BCUT2D eigenvalue weighted by molar-refractivity contribution is 0.0729. The van der Waals surface area contributed by atoms with Crippen LogP contribution < -0.4 is 9.47 Å². The van der Waals surface area contributed by atoms with E-state index in [1.165, 1.54) is 34.8 Å². The summed E-state index contributed by atoms with van der Waals surface area (Å²) < 4.78 is 63.5. The molecule has 5 rings (SSSR count). The number of hydrogen-bond donors (Lipinski definition) is 0. The molecule has 208 valence electrons. The molecule has 0 bridgehead atoms. The van der Waals surface area contributed by atoms with Crippen molar-refractivity contribution in [1.29, 1.82) is 10.5 Å². The highest BCUT2D eigenvalue weighted by molar-refractivity contribution is 7.14. The van der Waals surface area contributed by atoms with Gasteiger partial charge in [0, 0.05) is 34.0 Å². The highest BCUT2D eigenvalue weighted by Gasteiger charge is 2.24. The van der Waals surface area contributed by atoms with Gasteiger partial charge in [0.05, 0.1) is 0 Å². The number of benzene rings is 2. The molecule has 12 heteroatoms. The van der Waals surface area contributed by atoms with E-state index in [2.05, 4.69) is 6.92 Å². The van der Waals surface area contributed by atoms with Crippen molar-refractivity contribution in [2.24, 2.45) is 5.92 Å². The second kappa shape index (κ2) is 12.3. The Morgan fingerprint density at radius 2 is 1.27 bits per heavy atom. The second-order valence-electron chi connectivity index (χ2n) is 9.01. The number of esters is 2. The summed E-state index contributed by atoms with van der Waals surface area (Å²) in [4.78, 5) is 26.6. The van der Waals surface area contributed by atoms with Crippen LogP contribution in [0, 0.1) is 58.8 Å². The molecule has 2 aromatic heterocycles. The minimum absolute atomic E-state index is 0.249. The fourth-order valence-corrected chi connectivity index (χ4v) is 5.94. The third-order valence-corrected chi connectivity index (χ3v) is 7.98. The normalized spacial score (nSPS) is 13.3. The molecule has 0 saturated carbocycles. The third kappa shape index (κ3) is 6.80. The predicted molar refractivity (Wildman–Crippen MR) is 142 cm³/mol. The zero-order chi connectivity index (χ0) is 29.8. The number of carbonyl (C=O) groups is 2.